The molecule has 0 aliphatic rings. The van der Waals surface area contributed by atoms with Crippen molar-refractivity contribution in [1.29, 1.82) is 0 Å². The van der Waals surface area contributed by atoms with Crippen molar-refractivity contribution in [2.24, 2.45) is 0 Å². The Morgan fingerprint density at radius 2 is 2.00 bits per heavy atom. The number of nitrogens with zero attached hydrogens (tertiary/aromatic N) is 2. The van der Waals surface area contributed by atoms with Gasteiger partial charge in [0.15, 0.2) is 5.82 Å². The van der Waals surface area contributed by atoms with Gasteiger partial charge < -0.3 is 9.26 Å². The van der Waals surface area contributed by atoms with Gasteiger partial charge in [0, 0.05) is 10.8 Å². The summed E-state index contributed by atoms with van der Waals surface area (Å²) in [5.74, 6) is 3.28. The number of thioether (sulfide) groups is 1. The van der Waals surface area contributed by atoms with Gasteiger partial charge in [0.2, 0.25) is 5.89 Å². The van der Waals surface area contributed by atoms with E-state index in [4.69, 9.17) is 9.26 Å². The van der Waals surface area contributed by atoms with Crippen LogP contribution in [-0.2, 0) is 5.75 Å². The molecule has 0 amide bonds. The minimum Gasteiger partial charge on any atom is -0.497 e. The summed E-state index contributed by atoms with van der Waals surface area (Å²) in [6.45, 7) is 4.09. The number of hydrogen-bond donors (Lipinski definition) is 0. The third kappa shape index (κ3) is 3.26. The van der Waals surface area contributed by atoms with E-state index in [0.717, 1.165) is 16.5 Å². The fourth-order valence-corrected chi connectivity index (χ4v) is 2.11. The molecule has 0 aliphatic heterocycles. The summed E-state index contributed by atoms with van der Waals surface area (Å²) in [6, 6.07) is 7.91. The van der Waals surface area contributed by atoms with Gasteiger partial charge in [-0.15, -0.1) is 11.8 Å². The molecule has 0 unspecified atom stereocenters. The van der Waals surface area contributed by atoms with Gasteiger partial charge in [-0.1, -0.05) is 19.0 Å². The average molecular weight is 264 g/mol. The Morgan fingerprint density at radius 3 is 2.56 bits per heavy atom. The maximum atomic E-state index is 5.19. The second-order valence-electron chi connectivity index (χ2n) is 4.17. The molecule has 0 N–H and O–H groups in total. The molecule has 2 rings (SSSR count). The molecule has 2 aromatic rings. The van der Waals surface area contributed by atoms with Crippen molar-refractivity contribution in [3.63, 3.8) is 0 Å². The van der Waals surface area contributed by atoms with Gasteiger partial charge in [0.05, 0.1) is 12.9 Å². The molecule has 1 aromatic heterocycles. The van der Waals surface area contributed by atoms with Crippen LogP contribution >= 0.6 is 11.8 Å². The lowest BCUT2D eigenvalue weighted by atomic mass is 10.2. The first-order valence-electron chi connectivity index (χ1n) is 5.78. The van der Waals surface area contributed by atoms with Crippen molar-refractivity contribution in [2.45, 2.75) is 30.4 Å². The van der Waals surface area contributed by atoms with Gasteiger partial charge in [-0.25, -0.2) is 0 Å². The van der Waals surface area contributed by atoms with Crippen LogP contribution in [0.25, 0.3) is 0 Å². The lowest BCUT2D eigenvalue weighted by molar-refractivity contribution is 0.383. The highest BCUT2D eigenvalue weighted by molar-refractivity contribution is 7.98. The number of benzene rings is 1. The highest BCUT2D eigenvalue weighted by Crippen LogP contribution is 2.24. The fraction of sp³-hybridized carbons (Fsp3) is 0.385. The maximum absolute atomic E-state index is 5.19. The zero-order valence-electron chi connectivity index (χ0n) is 10.7. The largest absolute Gasteiger partial charge is 0.497 e. The molecule has 1 aromatic carbocycles. The van der Waals surface area contributed by atoms with Crippen LogP contribution in [0, 0.1) is 0 Å². The van der Waals surface area contributed by atoms with E-state index < -0.39 is 0 Å². The third-order valence-corrected chi connectivity index (χ3v) is 3.42. The van der Waals surface area contributed by atoms with E-state index in [1.165, 1.54) is 0 Å². The molecule has 96 valence electrons. The Kier molecular flexibility index (Phi) is 4.25. The van der Waals surface area contributed by atoms with E-state index in [0.29, 0.717) is 17.6 Å². The molecule has 0 saturated heterocycles. The van der Waals surface area contributed by atoms with Crippen molar-refractivity contribution in [1.82, 2.24) is 10.1 Å². The molecule has 0 aliphatic carbocycles. The first kappa shape index (κ1) is 13.0. The standard InChI is InChI=1S/C13H16N2O2S/c1-9(2)13-14-12(17-15-13)8-18-11-6-4-10(16-3)5-7-11/h4-7,9H,8H2,1-3H3. The Bertz CT molecular complexity index is 494. The Morgan fingerprint density at radius 1 is 1.28 bits per heavy atom. The quantitative estimate of drug-likeness (QED) is 0.774. The molecule has 0 fully saturated rings. The predicted octanol–water partition coefficient (Wildman–Crippen LogP) is 3.49. The highest BCUT2D eigenvalue weighted by atomic mass is 32.2. The van der Waals surface area contributed by atoms with Crippen LogP contribution < -0.4 is 4.74 Å². The second-order valence-corrected chi connectivity index (χ2v) is 5.21. The van der Waals surface area contributed by atoms with Crippen LogP contribution in [0.2, 0.25) is 0 Å². The van der Waals surface area contributed by atoms with E-state index in [1.54, 1.807) is 18.9 Å². The summed E-state index contributed by atoms with van der Waals surface area (Å²) in [5.41, 5.74) is 0. The van der Waals surface area contributed by atoms with Crippen molar-refractivity contribution >= 4 is 11.8 Å². The minimum absolute atomic E-state index is 0.300. The lowest BCUT2D eigenvalue weighted by Gasteiger charge is -2.01. The van der Waals surface area contributed by atoms with E-state index in [2.05, 4.69) is 10.1 Å². The van der Waals surface area contributed by atoms with E-state index in [1.807, 2.05) is 38.1 Å². The maximum Gasteiger partial charge on any atom is 0.237 e. The lowest BCUT2D eigenvalue weighted by Crippen LogP contribution is -1.90. The second kappa shape index (κ2) is 5.91. The summed E-state index contributed by atoms with van der Waals surface area (Å²) in [7, 11) is 1.66. The smallest absolute Gasteiger partial charge is 0.237 e. The number of rotatable bonds is 5. The topological polar surface area (TPSA) is 48.2 Å². The molecule has 4 nitrogen and oxygen atoms in total. The van der Waals surface area contributed by atoms with Crippen molar-refractivity contribution in [3.8, 4) is 5.75 Å². The SMILES string of the molecule is COc1ccc(SCc2nc(C(C)C)no2)cc1. The van der Waals surface area contributed by atoms with Crippen LogP contribution in [0.3, 0.4) is 0 Å². The zero-order valence-corrected chi connectivity index (χ0v) is 11.5. The van der Waals surface area contributed by atoms with E-state index in [-0.39, 0.29) is 0 Å². The van der Waals surface area contributed by atoms with Gasteiger partial charge in [0.1, 0.15) is 5.75 Å². The van der Waals surface area contributed by atoms with Gasteiger partial charge in [-0.3, -0.25) is 0 Å². The van der Waals surface area contributed by atoms with Crippen LogP contribution in [0.5, 0.6) is 5.75 Å². The minimum atomic E-state index is 0.300. The number of aromatic nitrogens is 2. The molecule has 18 heavy (non-hydrogen) atoms. The van der Waals surface area contributed by atoms with Gasteiger partial charge >= 0.3 is 0 Å². The van der Waals surface area contributed by atoms with Crippen LogP contribution in [0.1, 0.15) is 31.5 Å². The van der Waals surface area contributed by atoms with Gasteiger partial charge in [-0.05, 0) is 24.3 Å². The molecule has 0 bridgehead atoms. The molecule has 0 saturated carbocycles. The Labute approximate surface area is 111 Å². The summed E-state index contributed by atoms with van der Waals surface area (Å²) >= 11 is 1.67. The third-order valence-electron chi connectivity index (χ3n) is 2.42. The summed E-state index contributed by atoms with van der Waals surface area (Å²) in [6.07, 6.45) is 0. The zero-order chi connectivity index (χ0) is 13.0. The van der Waals surface area contributed by atoms with E-state index >= 15 is 0 Å². The Balaban J connectivity index is 1.93. The molecular formula is C13H16N2O2S. The number of methoxy groups -OCH3 is 1. The highest BCUT2D eigenvalue weighted by Gasteiger charge is 2.09. The van der Waals surface area contributed by atoms with Crippen LogP contribution in [-0.4, -0.2) is 17.3 Å². The predicted molar refractivity (Wildman–Crippen MR) is 70.9 cm³/mol. The van der Waals surface area contributed by atoms with Crippen molar-refractivity contribution < 1.29 is 9.26 Å². The summed E-state index contributed by atoms with van der Waals surface area (Å²) < 4.78 is 10.3. The number of ether oxygens (including phenoxy) is 1. The molecular weight excluding hydrogens is 248 g/mol. The van der Waals surface area contributed by atoms with Crippen molar-refractivity contribution in [3.05, 3.63) is 36.0 Å². The first-order valence-corrected chi connectivity index (χ1v) is 6.77. The molecule has 0 atom stereocenters. The van der Waals surface area contributed by atoms with Crippen molar-refractivity contribution in [2.75, 3.05) is 7.11 Å². The molecule has 1 heterocycles. The summed E-state index contributed by atoms with van der Waals surface area (Å²) in [4.78, 5) is 5.49. The van der Waals surface area contributed by atoms with Gasteiger partial charge in [0.25, 0.3) is 0 Å². The normalized spacial score (nSPS) is 10.9. The van der Waals surface area contributed by atoms with E-state index in [9.17, 15) is 0 Å². The molecule has 0 radical (unpaired) electrons. The Hall–Kier alpha value is -1.49. The van der Waals surface area contributed by atoms with Crippen LogP contribution in [0.4, 0.5) is 0 Å². The molecule has 0 spiro atoms. The first-order chi connectivity index (χ1) is 8.69. The summed E-state index contributed by atoms with van der Waals surface area (Å²) in [5, 5.41) is 3.94. The number of hydrogen-bond acceptors (Lipinski definition) is 5. The average Bonchev–Trinajstić information content (AvgIpc) is 2.86. The molecule has 5 heteroatoms. The fourth-order valence-electron chi connectivity index (χ4n) is 1.38. The van der Waals surface area contributed by atoms with Crippen LogP contribution in [0.15, 0.2) is 33.7 Å². The monoisotopic (exact) mass is 264 g/mol. The van der Waals surface area contributed by atoms with Gasteiger partial charge in [-0.2, -0.15) is 4.98 Å².